The predicted molar refractivity (Wildman–Crippen MR) is 106 cm³/mol. The number of carbonyl (C=O) groups excluding carboxylic acids is 2. The number of hydrazone groups is 2. The third-order valence-corrected chi connectivity index (χ3v) is 3.86. The molecule has 0 saturated carbocycles. The summed E-state index contributed by atoms with van der Waals surface area (Å²) in [5.41, 5.74) is 6.98. The molecule has 0 bridgehead atoms. The van der Waals surface area contributed by atoms with E-state index in [2.05, 4.69) is 21.1 Å². The van der Waals surface area contributed by atoms with Gasteiger partial charge in [-0.05, 0) is 72.5 Å². The first-order chi connectivity index (χ1) is 13.4. The fourth-order valence-electron chi connectivity index (χ4n) is 2.34. The predicted octanol–water partition coefficient (Wildman–Crippen LogP) is 2.26. The molecule has 0 saturated heterocycles. The molecule has 0 unspecified atom stereocenters. The summed E-state index contributed by atoms with van der Waals surface area (Å²) in [6.07, 6.45) is 1.04. The lowest BCUT2D eigenvalue weighted by molar-refractivity contribution is -0.139. The van der Waals surface area contributed by atoms with Crippen molar-refractivity contribution in [2.45, 2.75) is 26.7 Å². The minimum Gasteiger partial charge on any atom is -0.508 e. The SMILES string of the molecule is CC/C(=N\NC(=O)C(=O)N/N=C(\CC)c1ccc(O)cc1)c1ccc(O)cc1. The molecular formula is C20H22N4O4. The summed E-state index contributed by atoms with van der Waals surface area (Å²) in [7, 11) is 0. The normalized spacial score (nSPS) is 11.8. The summed E-state index contributed by atoms with van der Waals surface area (Å²) in [5.74, 6) is -1.65. The molecule has 0 atom stereocenters. The van der Waals surface area contributed by atoms with Crippen LogP contribution in [0.1, 0.15) is 37.8 Å². The molecule has 0 aromatic heterocycles. The number of amides is 2. The van der Waals surface area contributed by atoms with Crippen LogP contribution in [0.25, 0.3) is 0 Å². The number of phenolic OH excluding ortho intramolecular Hbond substituents is 2. The van der Waals surface area contributed by atoms with Gasteiger partial charge in [0.25, 0.3) is 0 Å². The molecule has 0 radical (unpaired) electrons. The van der Waals surface area contributed by atoms with Crippen molar-refractivity contribution >= 4 is 23.2 Å². The molecule has 146 valence electrons. The first-order valence-corrected chi connectivity index (χ1v) is 8.76. The minimum atomic E-state index is -0.949. The zero-order chi connectivity index (χ0) is 20.5. The van der Waals surface area contributed by atoms with Crippen molar-refractivity contribution in [1.29, 1.82) is 0 Å². The Morgan fingerprint density at radius 1 is 0.714 bits per heavy atom. The van der Waals surface area contributed by atoms with E-state index in [4.69, 9.17) is 0 Å². The van der Waals surface area contributed by atoms with Gasteiger partial charge in [-0.3, -0.25) is 9.59 Å². The molecule has 2 aromatic carbocycles. The zero-order valence-corrected chi connectivity index (χ0v) is 15.6. The van der Waals surface area contributed by atoms with E-state index < -0.39 is 11.8 Å². The average Bonchev–Trinajstić information content (AvgIpc) is 2.71. The second-order valence-corrected chi connectivity index (χ2v) is 5.80. The summed E-state index contributed by atoms with van der Waals surface area (Å²) in [6, 6.07) is 12.7. The van der Waals surface area contributed by atoms with Gasteiger partial charge in [-0.25, -0.2) is 10.9 Å². The van der Waals surface area contributed by atoms with Crippen molar-refractivity contribution in [3.8, 4) is 11.5 Å². The molecule has 2 rings (SSSR count). The quantitative estimate of drug-likeness (QED) is 0.347. The number of aromatic hydroxyl groups is 2. The van der Waals surface area contributed by atoms with E-state index in [1.165, 1.54) is 24.3 Å². The van der Waals surface area contributed by atoms with Gasteiger partial charge in [-0.2, -0.15) is 10.2 Å². The van der Waals surface area contributed by atoms with Crippen molar-refractivity contribution in [2.75, 3.05) is 0 Å². The molecule has 0 aliphatic rings. The Balaban J connectivity index is 2.02. The summed E-state index contributed by atoms with van der Waals surface area (Å²) < 4.78 is 0. The Bertz CT molecular complexity index is 812. The molecule has 4 N–H and O–H groups in total. The van der Waals surface area contributed by atoms with Gasteiger partial charge in [0.05, 0.1) is 11.4 Å². The van der Waals surface area contributed by atoms with Crippen LogP contribution in [-0.4, -0.2) is 33.5 Å². The topological polar surface area (TPSA) is 123 Å². The number of benzene rings is 2. The van der Waals surface area contributed by atoms with E-state index >= 15 is 0 Å². The Hall–Kier alpha value is -3.68. The van der Waals surface area contributed by atoms with Crippen molar-refractivity contribution in [1.82, 2.24) is 10.9 Å². The molecule has 2 aromatic rings. The first kappa shape index (κ1) is 20.6. The van der Waals surface area contributed by atoms with Crippen LogP contribution in [0.2, 0.25) is 0 Å². The van der Waals surface area contributed by atoms with E-state index in [1.807, 2.05) is 13.8 Å². The molecule has 0 aliphatic heterocycles. The van der Waals surface area contributed by atoms with Crippen LogP contribution in [0.15, 0.2) is 58.7 Å². The summed E-state index contributed by atoms with van der Waals surface area (Å²) >= 11 is 0. The number of nitrogens with one attached hydrogen (secondary N) is 2. The van der Waals surface area contributed by atoms with Crippen LogP contribution in [0.5, 0.6) is 11.5 Å². The van der Waals surface area contributed by atoms with Gasteiger partial charge in [-0.1, -0.05) is 13.8 Å². The second-order valence-electron chi connectivity index (χ2n) is 5.80. The average molecular weight is 382 g/mol. The second kappa shape index (κ2) is 9.86. The van der Waals surface area contributed by atoms with Crippen LogP contribution >= 0.6 is 0 Å². The largest absolute Gasteiger partial charge is 0.508 e. The van der Waals surface area contributed by atoms with Crippen LogP contribution in [0, 0.1) is 0 Å². The maximum absolute atomic E-state index is 12.0. The van der Waals surface area contributed by atoms with Crippen molar-refractivity contribution in [2.24, 2.45) is 10.2 Å². The molecule has 8 heteroatoms. The lowest BCUT2D eigenvalue weighted by Gasteiger charge is -2.06. The molecule has 0 spiro atoms. The standard InChI is InChI=1S/C20H22N4O4/c1-3-17(13-5-9-15(25)10-6-13)21-23-19(27)20(28)24-22-18(4-2)14-7-11-16(26)12-8-14/h5-12,25-26H,3-4H2,1-2H3,(H,23,27)(H,24,28)/b21-17+,22-18+. The molecule has 0 heterocycles. The van der Waals surface area contributed by atoms with E-state index in [0.29, 0.717) is 24.3 Å². The highest BCUT2D eigenvalue weighted by Crippen LogP contribution is 2.12. The third-order valence-electron chi connectivity index (χ3n) is 3.86. The van der Waals surface area contributed by atoms with E-state index in [0.717, 1.165) is 11.1 Å². The first-order valence-electron chi connectivity index (χ1n) is 8.76. The Morgan fingerprint density at radius 2 is 1.04 bits per heavy atom. The Kier molecular flexibility index (Phi) is 7.27. The van der Waals surface area contributed by atoms with E-state index in [-0.39, 0.29) is 11.5 Å². The van der Waals surface area contributed by atoms with Gasteiger partial charge in [0.1, 0.15) is 11.5 Å². The zero-order valence-electron chi connectivity index (χ0n) is 15.6. The van der Waals surface area contributed by atoms with Gasteiger partial charge in [0.2, 0.25) is 0 Å². The lowest BCUT2D eigenvalue weighted by atomic mass is 10.1. The summed E-state index contributed by atoms with van der Waals surface area (Å²) in [6.45, 7) is 3.71. The smallest absolute Gasteiger partial charge is 0.331 e. The fraction of sp³-hybridized carbons (Fsp3) is 0.200. The fourth-order valence-corrected chi connectivity index (χ4v) is 2.34. The van der Waals surface area contributed by atoms with Crippen molar-refractivity contribution in [3.63, 3.8) is 0 Å². The lowest BCUT2D eigenvalue weighted by Crippen LogP contribution is -2.36. The minimum absolute atomic E-state index is 0.126. The highest BCUT2D eigenvalue weighted by atomic mass is 16.3. The third kappa shape index (κ3) is 5.66. The number of hydrogen-bond donors (Lipinski definition) is 4. The summed E-state index contributed by atoms with van der Waals surface area (Å²) in [5, 5.41) is 26.6. The van der Waals surface area contributed by atoms with Gasteiger partial charge < -0.3 is 10.2 Å². The van der Waals surface area contributed by atoms with Crippen molar-refractivity contribution in [3.05, 3.63) is 59.7 Å². The van der Waals surface area contributed by atoms with Gasteiger partial charge in [-0.15, -0.1) is 0 Å². The van der Waals surface area contributed by atoms with Gasteiger partial charge >= 0.3 is 11.8 Å². The van der Waals surface area contributed by atoms with Gasteiger partial charge in [0.15, 0.2) is 0 Å². The number of carbonyl (C=O) groups is 2. The maximum Gasteiger partial charge on any atom is 0.331 e. The molecule has 2 amide bonds. The Morgan fingerprint density at radius 3 is 1.32 bits per heavy atom. The number of hydrogen-bond acceptors (Lipinski definition) is 6. The Labute approximate surface area is 162 Å². The van der Waals surface area contributed by atoms with E-state index in [9.17, 15) is 19.8 Å². The molecule has 8 nitrogen and oxygen atoms in total. The molecular weight excluding hydrogens is 360 g/mol. The number of nitrogens with zero attached hydrogens (tertiary/aromatic N) is 2. The van der Waals surface area contributed by atoms with E-state index in [1.54, 1.807) is 24.3 Å². The van der Waals surface area contributed by atoms with Crippen LogP contribution in [0.4, 0.5) is 0 Å². The van der Waals surface area contributed by atoms with Crippen LogP contribution < -0.4 is 10.9 Å². The monoisotopic (exact) mass is 382 g/mol. The number of rotatable bonds is 6. The highest BCUT2D eigenvalue weighted by Gasteiger charge is 2.13. The van der Waals surface area contributed by atoms with Crippen LogP contribution in [-0.2, 0) is 9.59 Å². The molecule has 0 fully saturated rings. The van der Waals surface area contributed by atoms with Crippen LogP contribution in [0.3, 0.4) is 0 Å². The molecule has 28 heavy (non-hydrogen) atoms. The molecule has 0 aliphatic carbocycles. The van der Waals surface area contributed by atoms with Gasteiger partial charge in [0, 0.05) is 0 Å². The highest BCUT2D eigenvalue weighted by molar-refractivity contribution is 6.35. The maximum atomic E-state index is 12.0. The summed E-state index contributed by atoms with van der Waals surface area (Å²) in [4.78, 5) is 23.9. The number of phenols is 2. The van der Waals surface area contributed by atoms with Crippen molar-refractivity contribution < 1.29 is 19.8 Å².